The maximum absolute atomic E-state index is 12.0. The average molecular weight is 273 g/mol. The van der Waals surface area contributed by atoms with Gasteiger partial charge in [0.1, 0.15) is 5.52 Å². The third kappa shape index (κ3) is 2.99. The van der Waals surface area contributed by atoms with Crippen LogP contribution in [0.1, 0.15) is 18.7 Å². The predicted octanol–water partition coefficient (Wildman–Crippen LogP) is 1.49. The van der Waals surface area contributed by atoms with Gasteiger partial charge < -0.3 is 15.1 Å². The zero-order chi connectivity index (χ0) is 13.8. The molecule has 3 rings (SSSR count). The second-order valence-corrected chi connectivity index (χ2v) is 5.14. The first kappa shape index (κ1) is 13.1. The van der Waals surface area contributed by atoms with Crippen molar-refractivity contribution in [3.8, 4) is 0 Å². The summed E-state index contributed by atoms with van der Waals surface area (Å²) >= 11 is 0. The fourth-order valence-corrected chi connectivity index (χ4v) is 2.55. The first-order valence-electron chi connectivity index (χ1n) is 7.16. The van der Waals surface area contributed by atoms with Gasteiger partial charge in [0.25, 0.3) is 0 Å². The van der Waals surface area contributed by atoms with E-state index in [9.17, 15) is 4.79 Å². The lowest BCUT2D eigenvalue weighted by atomic mass is 9.97. The van der Waals surface area contributed by atoms with Gasteiger partial charge in [0, 0.05) is 18.9 Å². The molecule has 0 bridgehead atoms. The maximum Gasteiger partial charge on any atom is 0.223 e. The molecule has 2 N–H and O–H groups in total. The van der Waals surface area contributed by atoms with Gasteiger partial charge in [-0.05, 0) is 38.1 Å². The number of piperidine rings is 1. The van der Waals surface area contributed by atoms with Crippen LogP contribution in [-0.4, -0.2) is 30.5 Å². The van der Waals surface area contributed by atoms with Gasteiger partial charge in [-0.25, -0.2) is 4.98 Å². The molecule has 20 heavy (non-hydrogen) atoms. The Morgan fingerprint density at radius 3 is 2.95 bits per heavy atom. The Kier molecular flexibility index (Phi) is 3.97. The van der Waals surface area contributed by atoms with Crippen molar-refractivity contribution in [2.24, 2.45) is 5.92 Å². The Morgan fingerprint density at radius 1 is 1.35 bits per heavy atom. The number of oxazole rings is 1. The number of rotatable bonds is 4. The zero-order valence-corrected chi connectivity index (χ0v) is 11.4. The Labute approximate surface area is 117 Å². The van der Waals surface area contributed by atoms with Gasteiger partial charge in [-0.1, -0.05) is 12.1 Å². The normalized spacial score (nSPS) is 16.4. The standard InChI is InChI=1S/C15H19N3O2/c19-15(11-5-8-16-9-6-11)17-10-7-14-18-12-3-1-2-4-13(12)20-14/h1-4,11,16H,5-10H2,(H,17,19). The van der Waals surface area contributed by atoms with Gasteiger partial charge in [0.2, 0.25) is 5.91 Å². The van der Waals surface area contributed by atoms with Crippen molar-refractivity contribution in [2.45, 2.75) is 19.3 Å². The fraction of sp³-hybridized carbons (Fsp3) is 0.467. The van der Waals surface area contributed by atoms with Crippen molar-refractivity contribution in [2.75, 3.05) is 19.6 Å². The van der Waals surface area contributed by atoms with E-state index in [1.54, 1.807) is 0 Å². The molecule has 0 atom stereocenters. The number of carbonyl (C=O) groups is 1. The highest BCUT2D eigenvalue weighted by Crippen LogP contribution is 2.15. The Hall–Kier alpha value is -1.88. The monoisotopic (exact) mass is 273 g/mol. The highest BCUT2D eigenvalue weighted by molar-refractivity contribution is 5.78. The molecule has 2 heterocycles. The van der Waals surface area contributed by atoms with Gasteiger partial charge in [-0.3, -0.25) is 4.79 Å². The Bertz CT molecular complexity index is 555. The average Bonchev–Trinajstić information content (AvgIpc) is 2.90. The summed E-state index contributed by atoms with van der Waals surface area (Å²) in [7, 11) is 0. The summed E-state index contributed by atoms with van der Waals surface area (Å²) in [6.07, 6.45) is 2.48. The molecule has 1 saturated heterocycles. The van der Waals surface area contributed by atoms with Crippen molar-refractivity contribution >= 4 is 17.0 Å². The van der Waals surface area contributed by atoms with Crippen LogP contribution in [0.2, 0.25) is 0 Å². The topological polar surface area (TPSA) is 67.2 Å². The second kappa shape index (κ2) is 6.05. The molecule has 0 saturated carbocycles. The van der Waals surface area contributed by atoms with E-state index in [1.807, 2.05) is 24.3 Å². The lowest BCUT2D eigenvalue weighted by molar-refractivity contribution is -0.125. The molecule has 5 nitrogen and oxygen atoms in total. The molecule has 1 amide bonds. The molecule has 1 aromatic carbocycles. The molecule has 1 fully saturated rings. The van der Waals surface area contributed by atoms with Crippen LogP contribution in [0, 0.1) is 5.92 Å². The number of hydrogen-bond acceptors (Lipinski definition) is 4. The van der Waals surface area contributed by atoms with Gasteiger partial charge >= 0.3 is 0 Å². The number of nitrogens with one attached hydrogen (secondary N) is 2. The van der Waals surface area contributed by atoms with Gasteiger partial charge in [-0.15, -0.1) is 0 Å². The molecule has 2 aromatic rings. The van der Waals surface area contributed by atoms with Crippen LogP contribution in [0.25, 0.3) is 11.1 Å². The number of carbonyl (C=O) groups excluding carboxylic acids is 1. The number of amides is 1. The molecule has 0 aliphatic carbocycles. The molecule has 0 unspecified atom stereocenters. The predicted molar refractivity (Wildman–Crippen MR) is 76.3 cm³/mol. The van der Waals surface area contributed by atoms with Crippen molar-refractivity contribution in [1.29, 1.82) is 0 Å². The Morgan fingerprint density at radius 2 is 2.15 bits per heavy atom. The number of para-hydroxylation sites is 2. The minimum absolute atomic E-state index is 0.153. The molecular formula is C15H19N3O2. The van der Waals surface area contributed by atoms with Gasteiger partial charge in [0.05, 0.1) is 0 Å². The summed E-state index contributed by atoms with van der Waals surface area (Å²) in [6, 6.07) is 7.69. The van der Waals surface area contributed by atoms with E-state index in [4.69, 9.17) is 4.42 Å². The second-order valence-electron chi connectivity index (χ2n) is 5.14. The lowest BCUT2D eigenvalue weighted by Gasteiger charge is -2.21. The van der Waals surface area contributed by atoms with Crippen molar-refractivity contribution < 1.29 is 9.21 Å². The summed E-state index contributed by atoms with van der Waals surface area (Å²) < 4.78 is 5.62. The number of hydrogen-bond donors (Lipinski definition) is 2. The number of benzene rings is 1. The minimum Gasteiger partial charge on any atom is -0.441 e. The van der Waals surface area contributed by atoms with E-state index in [2.05, 4.69) is 15.6 Å². The molecule has 1 aromatic heterocycles. The molecule has 106 valence electrons. The van der Waals surface area contributed by atoms with E-state index in [1.165, 1.54) is 0 Å². The first-order chi connectivity index (χ1) is 9.83. The fourth-order valence-electron chi connectivity index (χ4n) is 2.55. The van der Waals surface area contributed by atoms with Crippen LogP contribution < -0.4 is 10.6 Å². The number of aromatic nitrogens is 1. The third-order valence-electron chi connectivity index (χ3n) is 3.69. The van der Waals surface area contributed by atoms with Crippen molar-refractivity contribution in [3.63, 3.8) is 0 Å². The van der Waals surface area contributed by atoms with Crippen LogP contribution in [0.15, 0.2) is 28.7 Å². The van der Waals surface area contributed by atoms with Crippen molar-refractivity contribution in [1.82, 2.24) is 15.6 Å². The smallest absolute Gasteiger partial charge is 0.223 e. The van der Waals surface area contributed by atoms with Crippen LogP contribution >= 0.6 is 0 Å². The molecule has 0 spiro atoms. The molecule has 0 radical (unpaired) electrons. The Balaban J connectivity index is 1.50. The first-order valence-corrected chi connectivity index (χ1v) is 7.16. The van der Waals surface area contributed by atoms with E-state index in [0.29, 0.717) is 18.9 Å². The van der Waals surface area contributed by atoms with Crippen molar-refractivity contribution in [3.05, 3.63) is 30.2 Å². The molecule has 1 aliphatic heterocycles. The molecule has 1 aliphatic rings. The summed E-state index contributed by atoms with van der Waals surface area (Å²) in [5, 5.41) is 6.24. The lowest BCUT2D eigenvalue weighted by Crippen LogP contribution is -2.38. The molecular weight excluding hydrogens is 254 g/mol. The van der Waals surface area contributed by atoms with E-state index in [-0.39, 0.29) is 11.8 Å². The SMILES string of the molecule is O=C(NCCc1nc2ccccc2o1)C1CCNCC1. The summed E-state index contributed by atoms with van der Waals surface area (Å²) in [6.45, 7) is 2.45. The maximum atomic E-state index is 12.0. The van der Waals surface area contributed by atoms with Gasteiger partial charge in [-0.2, -0.15) is 0 Å². The summed E-state index contributed by atoms with van der Waals surface area (Å²) in [4.78, 5) is 16.4. The van der Waals surface area contributed by atoms with Crippen LogP contribution in [0.4, 0.5) is 0 Å². The molecule has 5 heteroatoms. The number of fused-ring (bicyclic) bond motifs is 1. The van der Waals surface area contributed by atoms with E-state index >= 15 is 0 Å². The van der Waals surface area contributed by atoms with Gasteiger partial charge in [0.15, 0.2) is 11.5 Å². The largest absolute Gasteiger partial charge is 0.441 e. The third-order valence-corrected chi connectivity index (χ3v) is 3.69. The summed E-state index contributed by atoms with van der Waals surface area (Å²) in [5.74, 6) is 0.985. The summed E-state index contributed by atoms with van der Waals surface area (Å²) in [5.41, 5.74) is 1.67. The van der Waals surface area contributed by atoms with Crippen LogP contribution in [0.5, 0.6) is 0 Å². The van der Waals surface area contributed by atoms with Crippen LogP contribution in [-0.2, 0) is 11.2 Å². The number of nitrogens with zero attached hydrogens (tertiary/aromatic N) is 1. The quantitative estimate of drug-likeness (QED) is 0.885. The zero-order valence-electron chi connectivity index (χ0n) is 11.4. The minimum atomic E-state index is 0.153. The highest BCUT2D eigenvalue weighted by atomic mass is 16.3. The van der Waals surface area contributed by atoms with E-state index in [0.717, 1.165) is 37.0 Å². The highest BCUT2D eigenvalue weighted by Gasteiger charge is 2.20. The van der Waals surface area contributed by atoms with Crippen LogP contribution in [0.3, 0.4) is 0 Å². The van der Waals surface area contributed by atoms with E-state index < -0.39 is 0 Å².